The van der Waals surface area contributed by atoms with Crippen molar-refractivity contribution in [2.45, 2.75) is 26.2 Å². The molecule has 1 amide bonds. The number of anilines is 1. The number of methoxy groups -OCH3 is 2. The molecule has 0 radical (unpaired) electrons. The lowest BCUT2D eigenvalue weighted by Crippen LogP contribution is -2.17. The van der Waals surface area contributed by atoms with Crippen LogP contribution in [0.1, 0.15) is 36.1 Å². The number of amides is 1. The summed E-state index contributed by atoms with van der Waals surface area (Å²) in [5.41, 5.74) is 0.990. The van der Waals surface area contributed by atoms with Gasteiger partial charge in [-0.1, -0.05) is 29.6 Å². The monoisotopic (exact) mass is 347 g/mol. The zero-order valence-corrected chi connectivity index (χ0v) is 15.3. The topological polar surface area (TPSA) is 73.3 Å². The molecule has 128 valence electrons. The third kappa shape index (κ3) is 3.41. The van der Waals surface area contributed by atoms with E-state index in [0.717, 1.165) is 10.6 Å². The first kappa shape index (κ1) is 17.9. The highest BCUT2D eigenvalue weighted by Crippen LogP contribution is 2.34. The molecular weight excluding hydrogens is 326 g/mol. The van der Waals surface area contributed by atoms with Crippen LogP contribution in [0.2, 0.25) is 0 Å². The molecule has 1 aromatic heterocycles. The summed E-state index contributed by atoms with van der Waals surface area (Å²) in [6, 6.07) is 5.16. The van der Waals surface area contributed by atoms with Crippen molar-refractivity contribution in [3.8, 4) is 11.5 Å². The predicted octanol–water partition coefficient (Wildman–Crippen LogP) is 3.66. The van der Waals surface area contributed by atoms with Gasteiger partial charge in [-0.05, 0) is 32.9 Å². The van der Waals surface area contributed by atoms with Crippen LogP contribution in [0.4, 0.5) is 5.13 Å². The second-order valence-corrected chi connectivity index (χ2v) is 6.79. The van der Waals surface area contributed by atoms with E-state index in [1.165, 1.54) is 25.6 Å². The van der Waals surface area contributed by atoms with Crippen molar-refractivity contribution in [1.29, 1.82) is 0 Å². The molecule has 0 aliphatic carbocycles. The number of hydrogen-bond acceptors (Lipinski definition) is 6. The predicted molar refractivity (Wildman–Crippen MR) is 95.2 cm³/mol. The van der Waals surface area contributed by atoms with Crippen molar-refractivity contribution >= 4 is 22.4 Å². The van der Waals surface area contributed by atoms with Crippen LogP contribution in [0.25, 0.3) is 0 Å². The van der Waals surface area contributed by atoms with Gasteiger partial charge in [0.05, 0.1) is 14.2 Å². The van der Waals surface area contributed by atoms with E-state index < -0.39 is 0 Å². The summed E-state index contributed by atoms with van der Waals surface area (Å²) in [4.78, 5) is 12.6. The zero-order valence-electron chi connectivity index (χ0n) is 14.5. The Labute approximate surface area is 145 Å². The molecule has 0 fully saturated rings. The highest BCUT2D eigenvalue weighted by atomic mass is 32.1. The van der Waals surface area contributed by atoms with Gasteiger partial charge < -0.3 is 9.47 Å². The highest BCUT2D eigenvalue weighted by Gasteiger charge is 2.27. The summed E-state index contributed by atoms with van der Waals surface area (Å²) in [5.74, 6) is 0.498. The summed E-state index contributed by atoms with van der Waals surface area (Å²) in [7, 11) is 3.01. The van der Waals surface area contributed by atoms with Gasteiger partial charge in [-0.3, -0.25) is 10.1 Å². The highest BCUT2D eigenvalue weighted by molar-refractivity contribution is 7.15. The minimum Gasteiger partial charge on any atom is -0.496 e. The number of carbonyl (C=O) groups is 1. The van der Waals surface area contributed by atoms with Gasteiger partial charge in [0.2, 0.25) is 5.13 Å². The Morgan fingerprint density at radius 1 is 1.21 bits per heavy atom. The van der Waals surface area contributed by atoms with E-state index in [1.54, 1.807) is 18.2 Å². The van der Waals surface area contributed by atoms with Crippen molar-refractivity contribution in [3.05, 3.63) is 40.9 Å². The SMILES string of the molecule is C=C(C)C(C)(C)c1nnc(NC(=O)c2c(OC)cccc2OC)s1. The third-order valence-electron chi connectivity index (χ3n) is 3.90. The van der Waals surface area contributed by atoms with Gasteiger partial charge in [-0.15, -0.1) is 10.2 Å². The van der Waals surface area contributed by atoms with Gasteiger partial charge >= 0.3 is 0 Å². The van der Waals surface area contributed by atoms with Crippen molar-refractivity contribution in [2.24, 2.45) is 0 Å². The van der Waals surface area contributed by atoms with Gasteiger partial charge in [-0.2, -0.15) is 0 Å². The fraction of sp³-hybridized carbons (Fsp3) is 0.353. The van der Waals surface area contributed by atoms with Gasteiger partial charge in [0, 0.05) is 5.41 Å². The molecule has 7 heteroatoms. The van der Waals surface area contributed by atoms with Gasteiger partial charge in [0.1, 0.15) is 22.1 Å². The maximum Gasteiger partial charge on any atom is 0.265 e. The van der Waals surface area contributed by atoms with Crippen molar-refractivity contribution in [3.63, 3.8) is 0 Å². The minimum absolute atomic E-state index is 0.303. The number of ether oxygens (including phenoxy) is 2. The molecule has 2 rings (SSSR count). The summed E-state index contributed by atoms with van der Waals surface area (Å²) in [6.07, 6.45) is 0. The Morgan fingerprint density at radius 2 is 1.79 bits per heavy atom. The average Bonchev–Trinajstić information content (AvgIpc) is 3.02. The first-order chi connectivity index (χ1) is 11.3. The normalized spacial score (nSPS) is 11.0. The smallest absolute Gasteiger partial charge is 0.265 e. The lowest BCUT2D eigenvalue weighted by atomic mass is 9.87. The van der Waals surface area contributed by atoms with Crippen LogP contribution in [0.3, 0.4) is 0 Å². The molecule has 6 nitrogen and oxygen atoms in total. The number of aromatic nitrogens is 2. The quantitative estimate of drug-likeness (QED) is 0.807. The second kappa shape index (κ2) is 7.00. The van der Waals surface area contributed by atoms with Gasteiger partial charge in [0.25, 0.3) is 5.91 Å². The standard InChI is InChI=1S/C17H21N3O3S/c1-10(2)17(3,4)15-19-20-16(24-15)18-14(21)13-11(22-5)8-7-9-12(13)23-6/h7-9H,1H2,2-6H3,(H,18,20,21). The van der Waals surface area contributed by atoms with E-state index in [-0.39, 0.29) is 11.3 Å². The van der Waals surface area contributed by atoms with Crippen molar-refractivity contribution in [1.82, 2.24) is 10.2 Å². The Kier molecular flexibility index (Phi) is 5.23. The summed E-state index contributed by atoms with van der Waals surface area (Å²) in [5, 5.41) is 12.2. The minimum atomic E-state index is -0.361. The molecule has 1 aromatic carbocycles. The van der Waals surface area contributed by atoms with E-state index in [2.05, 4.69) is 22.1 Å². The molecular formula is C17H21N3O3S. The number of hydrogen-bond donors (Lipinski definition) is 1. The molecule has 0 unspecified atom stereocenters. The summed E-state index contributed by atoms with van der Waals surface area (Å²) in [6.45, 7) is 9.97. The number of benzene rings is 1. The Balaban J connectivity index is 2.29. The molecule has 0 saturated heterocycles. The van der Waals surface area contributed by atoms with E-state index in [4.69, 9.17) is 9.47 Å². The molecule has 0 bridgehead atoms. The van der Waals surface area contributed by atoms with E-state index >= 15 is 0 Å². The zero-order chi connectivity index (χ0) is 17.9. The number of carbonyl (C=O) groups excluding carboxylic acids is 1. The maximum atomic E-state index is 12.6. The molecule has 1 heterocycles. The van der Waals surface area contributed by atoms with Crippen LogP contribution >= 0.6 is 11.3 Å². The fourth-order valence-electron chi connectivity index (χ4n) is 1.94. The Hall–Kier alpha value is -2.41. The number of rotatable bonds is 6. The van der Waals surface area contributed by atoms with E-state index in [1.807, 2.05) is 20.8 Å². The Morgan fingerprint density at radius 3 is 2.29 bits per heavy atom. The Bertz CT molecular complexity index is 746. The second-order valence-electron chi connectivity index (χ2n) is 5.81. The van der Waals surface area contributed by atoms with Crippen molar-refractivity contribution in [2.75, 3.05) is 19.5 Å². The molecule has 0 aliphatic rings. The average molecular weight is 347 g/mol. The molecule has 0 spiro atoms. The van der Waals surface area contributed by atoms with Crippen LogP contribution in [-0.4, -0.2) is 30.3 Å². The van der Waals surface area contributed by atoms with Gasteiger partial charge in [-0.25, -0.2) is 0 Å². The molecule has 24 heavy (non-hydrogen) atoms. The number of nitrogens with zero attached hydrogens (tertiary/aromatic N) is 2. The summed E-state index contributed by atoms with van der Waals surface area (Å²) >= 11 is 1.32. The van der Waals surface area contributed by atoms with Crippen LogP contribution in [0, 0.1) is 0 Å². The number of allylic oxidation sites excluding steroid dienone is 1. The summed E-state index contributed by atoms with van der Waals surface area (Å²) < 4.78 is 10.5. The van der Waals surface area contributed by atoms with E-state index in [0.29, 0.717) is 22.2 Å². The largest absolute Gasteiger partial charge is 0.496 e. The molecule has 2 aromatic rings. The van der Waals surface area contributed by atoms with Gasteiger partial charge in [0.15, 0.2) is 0 Å². The van der Waals surface area contributed by atoms with Crippen LogP contribution < -0.4 is 14.8 Å². The molecule has 0 atom stereocenters. The first-order valence-corrected chi connectivity index (χ1v) is 8.15. The van der Waals surface area contributed by atoms with Crippen molar-refractivity contribution < 1.29 is 14.3 Å². The number of nitrogens with one attached hydrogen (secondary N) is 1. The van der Waals surface area contributed by atoms with Crippen LogP contribution in [-0.2, 0) is 5.41 Å². The molecule has 1 N–H and O–H groups in total. The van der Waals surface area contributed by atoms with Crippen LogP contribution in [0.15, 0.2) is 30.4 Å². The molecule has 0 saturated carbocycles. The first-order valence-electron chi connectivity index (χ1n) is 7.33. The fourth-order valence-corrected chi connectivity index (χ4v) is 2.86. The molecule has 0 aliphatic heterocycles. The maximum absolute atomic E-state index is 12.6. The lowest BCUT2D eigenvalue weighted by molar-refractivity contribution is 0.102. The van der Waals surface area contributed by atoms with E-state index in [9.17, 15) is 4.79 Å². The third-order valence-corrected chi connectivity index (χ3v) is 5.06. The van der Waals surface area contributed by atoms with Crippen LogP contribution in [0.5, 0.6) is 11.5 Å². The lowest BCUT2D eigenvalue weighted by Gasteiger charge is -2.20.